The number of benzene rings is 11. The molecule has 0 saturated carbocycles. The zero-order chi connectivity index (χ0) is 41.0. The van der Waals surface area contributed by atoms with E-state index in [9.17, 15) is 0 Å². The maximum Gasteiger partial charge on any atom is 0.0702 e. The van der Waals surface area contributed by atoms with Gasteiger partial charge in [0.05, 0.1) is 28.1 Å². The predicted molar refractivity (Wildman–Crippen MR) is 264 cm³/mol. The first kappa shape index (κ1) is 35.7. The van der Waals surface area contributed by atoms with Crippen molar-refractivity contribution < 1.29 is 0 Å². The van der Waals surface area contributed by atoms with Crippen LogP contribution in [0.1, 0.15) is 0 Å². The Kier molecular flexibility index (Phi) is 8.53. The molecule has 2 heteroatoms. The van der Waals surface area contributed by atoms with Crippen LogP contribution in [0.25, 0.3) is 93.2 Å². The van der Waals surface area contributed by atoms with Crippen LogP contribution in [0, 0.1) is 0 Å². The highest BCUT2D eigenvalue weighted by molar-refractivity contribution is 6.10. The molecule has 1 heterocycles. The summed E-state index contributed by atoms with van der Waals surface area (Å²) in [6, 6.07) is 88.7. The van der Waals surface area contributed by atoms with Crippen LogP contribution in [-0.2, 0) is 0 Å². The molecule has 0 spiro atoms. The molecule has 0 aliphatic carbocycles. The Morgan fingerprint density at radius 3 is 1.31 bits per heavy atom. The maximum atomic E-state index is 2.50. The van der Waals surface area contributed by atoms with E-state index in [2.05, 4.69) is 252 Å². The standard InChI is InChI=1S/C60H40N2/c1-4-22-47-41(16-1)19-13-27-49(47)44-34-37-46(38-35-44)61(58-32-11-12-33-59(58)62-56-30-9-7-25-53(56)54-26-8-10-31-57(54)62)60-40-45(51-28-14-20-42-17-2-5-23-48(42)51)36-39-55(60)52-29-15-21-43-18-3-6-24-50(43)52/h1-40H. The highest BCUT2D eigenvalue weighted by Crippen LogP contribution is 2.48. The van der Waals surface area contributed by atoms with Gasteiger partial charge >= 0.3 is 0 Å². The number of rotatable bonds is 7. The fourth-order valence-electron chi connectivity index (χ4n) is 9.75. The molecule has 0 bridgehead atoms. The Balaban J connectivity index is 1.17. The number of fused-ring (bicyclic) bond motifs is 6. The molecule has 0 atom stereocenters. The second-order valence-electron chi connectivity index (χ2n) is 16.1. The van der Waals surface area contributed by atoms with Crippen molar-refractivity contribution in [3.05, 3.63) is 243 Å². The topological polar surface area (TPSA) is 8.17 Å². The summed E-state index contributed by atoms with van der Waals surface area (Å²) in [5, 5.41) is 9.84. The smallest absolute Gasteiger partial charge is 0.0702 e. The van der Waals surface area contributed by atoms with Crippen LogP contribution in [0.4, 0.5) is 17.1 Å². The normalized spacial score (nSPS) is 11.5. The number of hydrogen-bond donors (Lipinski definition) is 0. The Morgan fingerprint density at radius 1 is 0.274 bits per heavy atom. The van der Waals surface area contributed by atoms with E-state index in [1.54, 1.807) is 0 Å². The lowest BCUT2D eigenvalue weighted by atomic mass is 9.92. The van der Waals surface area contributed by atoms with E-state index < -0.39 is 0 Å². The van der Waals surface area contributed by atoms with E-state index in [4.69, 9.17) is 0 Å². The van der Waals surface area contributed by atoms with Crippen LogP contribution in [0.2, 0.25) is 0 Å². The van der Waals surface area contributed by atoms with Crippen molar-refractivity contribution >= 4 is 71.2 Å². The van der Waals surface area contributed by atoms with Gasteiger partial charge in [-0.05, 0) is 103 Å². The molecule has 1 aromatic heterocycles. The van der Waals surface area contributed by atoms with Gasteiger partial charge in [-0.1, -0.05) is 200 Å². The van der Waals surface area contributed by atoms with E-state index >= 15 is 0 Å². The van der Waals surface area contributed by atoms with Crippen molar-refractivity contribution in [1.29, 1.82) is 0 Å². The first-order chi connectivity index (χ1) is 30.8. The van der Waals surface area contributed by atoms with Crippen molar-refractivity contribution in [2.45, 2.75) is 0 Å². The predicted octanol–water partition coefficient (Wildman–Crippen LogP) is 16.7. The maximum absolute atomic E-state index is 2.50. The SMILES string of the molecule is c1ccc(-n2c3ccccc3c3ccccc32)c(N(c2ccc(-c3cccc4ccccc34)cc2)c2cc(-c3cccc4ccccc34)ccc2-c2cccc3ccccc23)c1. The minimum Gasteiger partial charge on any atom is -0.308 e. The average Bonchev–Trinajstić information content (AvgIpc) is 3.68. The molecular weight excluding hydrogens is 749 g/mol. The van der Waals surface area contributed by atoms with Gasteiger partial charge in [0.15, 0.2) is 0 Å². The van der Waals surface area contributed by atoms with Crippen LogP contribution in [0.3, 0.4) is 0 Å². The monoisotopic (exact) mass is 788 g/mol. The molecule has 12 rings (SSSR count). The lowest BCUT2D eigenvalue weighted by Crippen LogP contribution is -2.14. The van der Waals surface area contributed by atoms with Crippen molar-refractivity contribution in [2.24, 2.45) is 0 Å². The van der Waals surface area contributed by atoms with Crippen LogP contribution < -0.4 is 4.90 Å². The molecule has 0 amide bonds. The van der Waals surface area contributed by atoms with E-state index in [1.807, 2.05) is 0 Å². The van der Waals surface area contributed by atoms with E-state index in [-0.39, 0.29) is 0 Å². The van der Waals surface area contributed by atoms with Crippen molar-refractivity contribution in [3.63, 3.8) is 0 Å². The van der Waals surface area contributed by atoms with Crippen LogP contribution in [0.15, 0.2) is 243 Å². The Hall–Kier alpha value is -8.20. The highest BCUT2D eigenvalue weighted by atomic mass is 15.2. The van der Waals surface area contributed by atoms with Gasteiger partial charge in [-0.15, -0.1) is 0 Å². The van der Waals surface area contributed by atoms with Crippen molar-refractivity contribution in [2.75, 3.05) is 4.90 Å². The third kappa shape index (κ3) is 5.88. The molecule has 62 heavy (non-hydrogen) atoms. The first-order valence-electron chi connectivity index (χ1n) is 21.3. The number of aromatic nitrogens is 1. The van der Waals surface area contributed by atoms with Gasteiger partial charge < -0.3 is 9.47 Å². The summed E-state index contributed by atoms with van der Waals surface area (Å²) in [6.45, 7) is 0. The summed E-state index contributed by atoms with van der Waals surface area (Å²) in [7, 11) is 0. The Morgan fingerprint density at radius 2 is 0.710 bits per heavy atom. The summed E-state index contributed by atoms with van der Waals surface area (Å²) < 4.78 is 2.45. The third-order valence-electron chi connectivity index (χ3n) is 12.6. The fourth-order valence-corrected chi connectivity index (χ4v) is 9.75. The molecular formula is C60H40N2. The summed E-state index contributed by atoms with van der Waals surface area (Å²) in [5.41, 5.74) is 13.8. The van der Waals surface area contributed by atoms with E-state index in [0.29, 0.717) is 0 Å². The average molecular weight is 789 g/mol. The second-order valence-corrected chi connectivity index (χ2v) is 16.1. The van der Waals surface area contributed by atoms with Crippen LogP contribution >= 0.6 is 0 Å². The zero-order valence-electron chi connectivity index (χ0n) is 34.0. The lowest BCUT2D eigenvalue weighted by Gasteiger charge is -2.31. The van der Waals surface area contributed by atoms with Crippen LogP contribution in [-0.4, -0.2) is 4.57 Å². The fraction of sp³-hybridized carbons (Fsp3) is 0. The molecule has 12 aromatic rings. The Bertz CT molecular complexity index is 3580. The molecule has 11 aromatic carbocycles. The molecule has 0 aliphatic rings. The molecule has 0 radical (unpaired) electrons. The van der Waals surface area contributed by atoms with E-state index in [0.717, 1.165) is 33.9 Å². The van der Waals surface area contributed by atoms with Gasteiger partial charge in [-0.2, -0.15) is 0 Å². The highest BCUT2D eigenvalue weighted by Gasteiger charge is 2.24. The summed E-state index contributed by atoms with van der Waals surface area (Å²) in [4.78, 5) is 2.50. The van der Waals surface area contributed by atoms with E-state index in [1.165, 1.54) is 76.4 Å². The Labute approximate surface area is 360 Å². The zero-order valence-corrected chi connectivity index (χ0v) is 34.0. The number of hydrogen-bond acceptors (Lipinski definition) is 1. The molecule has 290 valence electrons. The summed E-state index contributed by atoms with van der Waals surface area (Å²) in [5.74, 6) is 0. The quantitative estimate of drug-likeness (QED) is 0.156. The molecule has 0 aliphatic heterocycles. The van der Waals surface area contributed by atoms with Gasteiger partial charge in [0, 0.05) is 22.0 Å². The minimum atomic E-state index is 1.07. The molecule has 0 N–H and O–H groups in total. The number of nitrogens with zero attached hydrogens (tertiary/aromatic N) is 2. The molecule has 0 unspecified atom stereocenters. The third-order valence-corrected chi connectivity index (χ3v) is 12.6. The number of para-hydroxylation sites is 4. The largest absolute Gasteiger partial charge is 0.308 e. The van der Waals surface area contributed by atoms with Gasteiger partial charge in [0.25, 0.3) is 0 Å². The number of anilines is 3. The second kappa shape index (κ2) is 14.8. The van der Waals surface area contributed by atoms with Gasteiger partial charge in [-0.3, -0.25) is 0 Å². The first-order valence-corrected chi connectivity index (χ1v) is 21.3. The molecule has 0 fully saturated rings. The summed E-state index contributed by atoms with van der Waals surface area (Å²) in [6.07, 6.45) is 0. The van der Waals surface area contributed by atoms with Gasteiger partial charge in [0.1, 0.15) is 0 Å². The molecule has 2 nitrogen and oxygen atoms in total. The van der Waals surface area contributed by atoms with Crippen molar-refractivity contribution in [3.8, 4) is 39.1 Å². The summed E-state index contributed by atoms with van der Waals surface area (Å²) >= 11 is 0. The lowest BCUT2D eigenvalue weighted by molar-refractivity contribution is 1.15. The minimum absolute atomic E-state index is 1.07. The van der Waals surface area contributed by atoms with Gasteiger partial charge in [0.2, 0.25) is 0 Å². The van der Waals surface area contributed by atoms with Crippen LogP contribution in [0.5, 0.6) is 0 Å². The molecule has 0 saturated heterocycles. The van der Waals surface area contributed by atoms with Gasteiger partial charge in [-0.25, -0.2) is 0 Å². The van der Waals surface area contributed by atoms with Crippen molar-refractivity contribution in [1.82, 2.24) is 4.57 Å².